The topological polar surface area (TPSA) is 76.4 Å². The highest BCUT2D eigenvalue weighted by atomic mass is 32.1. The van der Waals surface area contributed by atoms with Crippen molar-refractivity contribution in [3.8, 4) is 11.5 Å². The van der Waals surface area contributed by atoms with Gasteiger partial charge in [-0.1, -0.05) is 30.3 Å². The van der Waals surface area contributed by atoms with Crippen molar-refractivity contribution in [2.75, 3.05) is 37.7 Å². The molecule has 0 aliphatic carbocycles. The van der Waals surface area contributed by atoms with Crippen LogP contribution in [0.4, 0.5) is 5.13 Å². The second-order valence-electron chi connectivity index (χ2n) is 7.60. The number of aromatic nitrogens is 4. The molecule has 1 aromatic carbocycles. The minimum absolute atomic E-state index is 0.100. The van der Waals surface area contributed by atoms with Crippen LogP contribution in [0.2, 0.25) is 0 Å². The SMILES string of the molecule is C[C@@H]1C(=O)N(CCc2ccccc2)Cc2nnc(-c3csc(N4CCOCC4)n3)n21. The zero-order valence-corrected chi connectivity index (χ0v) is 17.7. The summed E-state index contributed by atoms with van der Waals surface area (Å²) in [5.41, 5.74) is 2.00. The summed E-state index contributed by atoms with van der Waals surface area (Å²) in [6, 6.07) is 9.89. The fourth-order valence-electron chi connectivity index (χ4n) is 4.00. The van der Waals surface area contributed by atoms with E-state index in [1.54, 1.807) is 11.3 Å². The zero-order chi connectivity index (χ0) is 20.5. The predicted molar refractivity (Wildman–Crippen MR) is 114 cm³/mol. The van der Waals surface area contributed by atoms with E-state index >= 15 is 0 Å². The first kappa shape index (κ1) is 19.2. The molecule has 2 aromatic heterocycles. The third-order valence-corrected chi connectivity index (χ3v) is 6.57. The standard InChI is InChI=1S/C21H24N6O2S/c1-15-20(28)26(8-7-16-5-3-2-4-6-16)13-18-23-24-19(27(15)18)17-14-30-21(22-17)25-9-11-29-12-10-25/h2-6,14-15H,7-13H2,1H3/t15-/m1/s1. The highest BCUT2D eigenvalue weighted by molar-refractivity contribution is 7.14. The van der Waals surface area contributed by atoms with E-state index in [2.05, 4.69) is 27.2 Å². The molecule has 0 bridgehead atoms. The quantitative estimate of drug-likeness (QED) is 0.626. The molecule has 3 aromatic rings. The number of anilines is 1. The molecule has 30 heavy (non-hydrogen) atoms. The maximum Gasteiger partial charge on any atom is 0.245 e. The maximum atomic E-state index is 13.1. The van der Waals surface area contributed by atoms with Gasteiger partial charge in [-0.15, -0.1) is 21.5 Å². The van der Waals surface area contributed by atoms with Gasteiger partial charge < -0.3 is 14.5 Å². The fourth-order valence-corrected chi connectivity index (χ4v) is 4.86. The molecule has 0 spiro atoms. The van der Waals surface area contributed by atoms with Gasteiger partial charge in [-0.25, -0.2) is 4.98 Å². The highest BCUT2D eigenvalue weighted by Gasteiger charge is 2.34. The third kappa shape index (κ3) is 3.59. The molecule has 1 amide bonds. The van der Waals surface area contributed by atoms with E-state index < -0.39 is 0 Å². The number of carbonyl (C=O) groups excluding carboxylic acids is 1. The molecule has 4 heterocycles. The van der Waals surface area contributed by atoms with Gasteiger partial charge in [0, 0.05) is 25.0 Å². The molecule has 0 N–H and O–H groups in total. The van der Waals surface area contributed by atoms with E-state index in [0.717, 1.165) is 49.4 Å². The van der Waals surface area contributed by atoms with Gasteiger partial charge in [0.05, 0.1) is 19.8 Å². The fraction of sp³-hybridized carbons (Fsp3) is 0.429. The monoisotopic (exact) mass is 424 g/mol. The molecule has 0 unspecified atom stereocenters. The normalized spacial score (nSPS) is 19.2. The summed E-state index contributed by atoms with van der Waals surface area (Å²) in [7, 11) is 0. The van der Waals surface area contributed by atoms with Crippen LogP contribution in [0.5, 0.6) is 0 Å². The van der Waals surface area contributed by atoms with Crippen molar-refractivity contribution in [2.45, 2.75) is 25.9 Å². The predicted octanol–water partition coefficient (Wildman–Crippen LogP) is 2.38. The highest BCUT2D eigenvalue weighted by Crippen LogP contribution is 2.31. The Morgan fingerprint density at radius 3 is 2.77 bits per heavy atom. The summed E-state index contributed by atoms with van der Waals surface area (Å²) in [6.45, 7) is 6.20. The lowest BCUT2D eigenvalue weighted by Crippen LogP contribution is -2.42. The molecule has 156 valence electrons. The van der Waals surface area contributed by atoms with Gasteiger partial charge in [0.2, 0.25) is 5.91 Å². The number of hydrogen-bond acceptors (Lipinski definition) is 7. The van der Waals surface area contributed by atoms with Gasteiger partial charge in [-0.2, -0.15) is 0 Å². The number of amides is 1. The van der Waals surface area contributed by atoms with Gasteiger partial charge in [-0.3, -0.25) is 9.36 Å². The summed E-state index contributed by atoms with van der Waals surface area (Å²) < 4.78 is 7.37. The molecule has 0 saturated carbocycles. The second kappa shape index (κ2) is 8.16. The van der Waals surface area contributed by atoms with E-state index in [4.69, 9.17) is 9.72 Å². The molecule has 8 nitrogen and oxygen atoms in total. The average molecular weight is 425 g/mol. The van der Waals surface area contributed by atoms with Crippen LogP contribution in [0, 0.1) is 0 Å². The molecular formula is C21H24N6O2S. The van der Waals surface area contributed by atoms with Crippen molar-refractivity contribution in [1.29, 1.82) is 0 Å². The van der Waals surface area contributed by atoms with E-state index in [0.29, 0.717) is 18.9 Å². The van der Waals surface area contributed by atoms with E-state index in [-0.39, 0.29) is 11.9 Å². The Kier molecular flexibility index (Phi) is 5.22. The molecule has 1 saturated heterocycles. The summed E-state index contributed by atoms with van der Waals surface area (Å²) in [6.07, 6.45) is 0.829. The third-order valence-electron chi connectivity index (χ3n) is 5.67. The lowest BCUT2D eigenvalue weighted by atomic mass is 10.1. The Hall–Kier alpha value is -2.78. The van der Waals surface area contributed by atoms with Gasteiger partial charge in [-0.05, 0) is 18.9 Å². The van der Waals surface area contributed by atoms with Crippen molar-refractivity contribution in [3.05, 3.63) is 47.1 Å². The average Bonchev–Trinajstić information content (AvgIpc) is 3.44. The minimum Gasteiger partial charge on any atom is -0.378 e. The Balaban J connectivity index is 1.35. The van der Waals surface area contributed by atoms with E-state index in [1.165, 1.54) is 5.56 Å². The van der Waals surface area contributed by atoms with Crippen molar-refractivity contribution in [3.63, 3.8) is 0 Å². The number of thiazole rings is 1. The number of rotatable bonds is 5. The van der Waals surface area contributed by atoms with Crippen LogP contribution in [0.25, 0.3) is 11.5 Å². The van der Waals surface area contributed by atoms with Crippen LogP contribution in [0.1, 0.15) is 24.4 Å². The summed E-state index contributed by atoms with van der Waals surface area (Å²) in [4.78, 5) is 21.9. The zero-order valence-electron chi connectivity index (χ0n) is 16.9. The van der Waals surface area contributed by atoms with Crippen molar-refractivity contribution in [1.82, 2.24) is 24.6 Å². The molecule has 2 aliphatic rings. The Labute approximate surface area is 179 Å². The number of ether oxygens (including phenoxy) is 1. The van der Waals surface area contributed by atoms with Crippen molar-refractivity contribution in [2.24, 2.45) is 0 Å². The Morgan fingerprint density at radius 2 is 1.97 bits per heavy atom. The lowest BCUT2D eigenvalue weighted by molar-refractivity contribution is -0.136. The second-order valence-corrected chi connectivity index (χ2v) is 8.43. The van der Waals surface area contributed by atoms with Crippen molar-refractivity contribution < 1.29 is 9.53 Å². The first-order valence-corrected chi connectivity index (χ1v) is 11.1. The van der Waals surface area contributed by atoms with Gasteiger partial charge in [0.25, 0.3) is 0 Å². The smallest absolute Gasteiger partial charge is 0.245 e. The molecule has 1 atom stereocenters. The number of carbonyl (C=O) groups is 1. The number of nitrogens with zero attached hydrogens (tertiary/aromatic N) is 6. The first-order valence-electron chi connectivity index (χ1n) is 10.3. The summed E-state index contributed by atoms with van der Waals surface area (Å²) >= 11 is 1.60. The minimum atomic E-state index is -0.344. The van der Waals surface area contributed by atoms with E-state index in [1.807, 2.05) is 40.0 Å². The molecule has 1 fully saturated rings. The summed E-state index contributed by atoms with van der Waals surface area (Å²) in [5, 5.41) is 11.8. The van der Waals surface area contributed by atoms with Crippen LogP contribution >= 0.6 is 11.3 Å². The van der Waals surface area contributed by atoms with Gasteiger partial charge >= 0.3 is 0 Å². The maximum absolute atomic E-state index is 13.1. The molecule has 5 rings (SSSR count). The van der Waals surface area contributed by atoms with Crippen LogP contribution in [0.15, 0.2) is 35.7 Å². The number of fused-ring (bicyclic) bond motifs is 1. The Bertz CT molecular complexity index is 1030. The molecule has 2 aliphatic heterocycles. The number of benzene rings is 1. The molecular weight excluding hydrogens is 400 g/mol. The first-order chi connectivity index (χ1) is 14.7. The van der Waals surface area contributed by atoms with Crippen molar-refractivity contribution >= 4 is 22.4 Å². The Morgan fingerprint density at radius 1 is 1.17 bits per heavy atom. The van der Waals surface area contributed by atoms with Crippen LogP contribution in [-0.4, -0.2) is 63.4 Å². The summed E-state index contributed by atoms with van der Waals surface area (Å²) in [5.74, 6) is 1.58. The number of morpholine rings is 1. The largest absolute Gasteiger partial charge is 0.378 e. The molecule has 0 radical (unpaired) electrons. The van der Waals surface area contributed by atoms with Gasteiger partial charge in [0.15, 0.2) is 16.8 Å². The van der Waals surface area contributed by atoms with Gasteiger partial charge in [0.1, 0.15) is 11.7 Å². The van der Waals surface area contributed by atoms with E-state index in [9.17, 15) is 4.79 Å². The van der Waals surface area contributed by atoms with Crippen LogP contribution < -0.4 is 4.90 Å². The lowest BCUT2D eigenvalue weighted by Gasteiger charge is -2.32. The van der Waals surface area contributed by atoms with Crippen LogP contribution in [0.3, 0.4) is 0 Å². The molecule has 9 heteroatoms. The van der Waals surface area contributed by atoms with Crippen LogP contribution in [-0.2, 0) is 22.5 Å². The number of hydrogen-bond donors (Lipinski definition) is 0.